The number of halogens is 1. The van der Waals surface area contributed by atoms with E-state index in [1.807, 2.05) is 0 Å². The number of aromatic nitrogens is 1. The summed E-state index contributed by atoms with van der Waals surface area (Å²) in [7, 11) is 0. The van der Waals surface area contributed by atoms with Crippen molar-refractivity contribution in [3.63, 3.8) is 0 Å². The molecular weight excluding hydrogens is 280 g/mol. The quantitative estimate of drug-likeness (QED) is 0.886. The van der Waals surface area contributed by atoms with Gasteiger partial charge in [0.1, 0.15) is 11.3 Å². The Morgan fingerprint density at radius 1 is 1.30 bits per heavy atom. The largest absolute Gasteiger partial charge is 0.438 e. The van der Waals surface area contributed by atoms with Crippen LogP contribution in [0, 0.1) is 0 Å². The van der Waals surface area contributed by atoms with Gasteiger partial charge in [0.15, 0.2) is 0 Å². The van der Waals surface area contributed by atoms with Crippen molar-refractivity contribution < 1.29 is 14.6 Å². The molecule has 0 saturated carbocycles. The molecule has 6 heteroatoms. The molecule has 1 heterocycles. The van der Waals surface area contributed by atoms with Gasteiger partial charge in [-0.05, 0) is 36.4 Å². The Labute approximate surface area is 121 Å². The van der Waals surface area contributed by atoms with Gasteiger partial charge in [-0.3, -0.25) is 4.79 Å². The molecule has 5 nitrogen and oxygen atoms in total. The Balaban J connectivity index is 2.19. The molecular formula is C14H13ClN2O3. The molecule has 2 N–H and O–H groups in total. The molecule has 0 saturated heterocycles. The van der Waals surface area contributed by atoms with Gasteiger partial charge in [-0.15, -0.1) is 0 Å². The molecule has 0 spiro atoms. The van der Waals surface area contributed by atoms with E-state index in [1.54, 1.807) is 36.4 Å². The standard InChI is InChI=1S/C14H13ClN2O3/c15-10-3-5-11(6-4-10)20-14-12(2-1-7-17-14)13(19)16-8-9-18/h1-7,18H,8-9H2,(H,16,19). The number of carbonyl (C=O) groups is 1. The fourth-order valence-corrected chi connectivity index (χ4v) is 1.65. The number of amides is 1. The van der Waals surface area contributed by atoms with Gasteiger partial charge in [0.2, 0.25) is 5.88 Å². The minimum absolute atomic E-state index is 0.126. The van der Waals surface area contributed by atoms with E-state index in [1.165, 1.54) is 6.20 Å². The minimum atomic E-state index is -0.351. The molecule has 0 unspecified atom stereocenters. The second-order valence-electron chi connectivity index (χ2n) is 3.89. The van der Waals surface area contributed by atoms with Gasteiger partial charge < -0.3 is 15.2 Å². The number of nitrogens with zero attached hydrogens (tertiary/aromatic N) is 1. The summed E-state index contributed by atoms with van der Waals surface area (Å²) in [5, 5.41) is 11.9. The van der Waals surface area contributed by atoms with E-state index < -0.39 is 0 Å². The van der Waals surface area contributed by atoms with Gasteiger partial charge in [0, 0.05) is 17.8 Å². The summed E-state index contributed by atoms with van der Waals surface area (Å²) in [6.07, 6.45) is 1.54. The van der Waals surface area contributed by atoms with Crippen LogP contribution < -0.4 is 10.1 Å². The van der Waals surface area contributed by atoms with E-state index in [9.17, 15) is 4.79 Å². The van der Waals surface area contributed by atoms with Crippen molar-refractivity contribution in [3.8, 4) is 11.6 Å². The van der Waals surface area contributed by atoms with Crippen LogP contribution in [0.15, 0.2) is 42.6 Å². The van der Waals surface area contributed by atoms with E-state index in [2.05, 4.69) is 10.3 Å². The van der Waals surface area contributed by atoms with Crippen LogP contribution in [0.3, 0.4) is 0 Å². The summed E-state index contributed by atoms with van der Waals surface area (Å²) < 4.78 is 5.57. The van der Waals surface area contributed by atoms with Gasteiger partial charge in [0.25, 0.3) is 5.91 Å². The van der Waals surface area contributed by atoms with Crippen molar-refractivity contribution >= 4 is 17.5 Å². The lowest BCUT2D eigenvalue weighted by Crippen LogP contribution is -2.26. The first-order valence-corrected chi connectivity index (χ1v) is 6.36. The Kier molecular flexibility index (Phi) is 4.92. The van der Waals surface area contributed by atoms with Crippen LogP contribution in [0.2, 0.25) is 5.02 Å². The summed E-state index contributed by atoms with van der Waals surface area (Å²) >= 11 is 5.79. The minimum Gasteiger partial charge on any atom is -0.438 e. The topological polar surface area (TPSA) is 71.5 Å². The maximum absolute atomic E-state index is 11.9. The van der Waals surface area contributed by atoms with Crippen molar-refractivity contribution in [2.45, 2.75) is 0 Å². The number of rotatable bonds is 5. The number of pyridine rings is 1. The molecule has 0 aliphatic carbocycles. The summed E-state index contributed by atoms with van der Waals surface area (Å²) in [6, 6.07) is 9.99. The molecule has 0 radical (unpaired) electrons. The number of benzene rings is 1. The summed E-state index contributed by atoms with van der Waals surface area (Å²) in [5.74, 6) is 0.380. The number of hydrogen-bond donors (Lipinski definition) is 2. The van der Waals surface area contributed by atoms with Gasteiger partial charge in [-0.2, -0.15) is 0 Å². The normalized spacial score (nSPS) is 10.1. The fraction of sp³-hybridized carbons (Fsp3) is 0.143. The Morgan fingerprint density at radius 2 is 2.05 bits per heavy atom. The van der Waals surface area contributed by atoms with Crippen molar-refractivity contribution in [2.24, 2.45) is 0 Å². The first-order chi connectivity index (χ1) is 9.70. The van der Waals surface area contributed by atoms with Crippen molar-refractivity contribution in [1.82, 2.24) is 10.3 Å². The zero-order chi connectivity index (χ0) is 14.4. The molecule has 1 aromatic carbocycles. The molecule has 0 fully saturated rings. The lowest BCUT2D eigenvalue weighted by atomic mass is 10.2. The van der Waals surface area contributed by atoms with Crippen LogP contribution in [0.5, 0.6) is 11.6 Å². The van der Waals surface area contributed by atoms with E-state index in [0.717, 1.165) is 0 Å². The van der Waals surface area contributed by atoms with E-state index in [0.29, 0.717) is 16.3 Å². The molecule has 0 atom stereocenters. The highest BCUT2D eigenvalue weighted by atomic mass is 35.5. The van der Waals surface area contributed by atoms with Gasteiger partial charge in [0.05, 0.1) is 6.61 Å². The van der Waals surface area contributed by atoms with E-state index in [-0.39, 0.29) is 24.9 Å². The molecule has 2 aromatic rings. The second-order valence-corrected chi connectivity index (χ2v) is 4.33. The summed E-state index contributed by atoms with van der Waals surface area (Å²) in [4.78, 5) is 16.0. The molecule has 2 rings (SSSR count). The molecule has 104 valence electrons. The predicted octanol–water partition coefficient (Wildman–Crippen LogP) is 2.25. The predicted molar refractivity (Wildman–Crippen MR) is 75.2 cm³/mol. The Bertz CT molecular complexity index is 587. The number of hydrogen-bond acceptors (Lipinski definition) is 4. The van der Waals surface area contributed by atoms with Crippen LogP contribution in [0.25, 0.3) is 0 Å². The third-order valence-corrected chi connectivity index (χ3v) is 2.69. The Hall–Kier alpha value is -2.11. The lowest BCUT2D eigenvalue weighted by Gasteiger charge is -2.09. The molecule has 0 aliphatic rings. The van der Waals surface area contributed by atoms with Crippen LogP contribution in [-0.4, -0.2) is 29.1 Å². The number of aliphatic hydroxyl groups excluding tert-OH is 1. The smallest absolute Gasteiger partial charge is 0.256 e. The number of ether oxygens (including phenoxy) is 1. The molecule has 0 bridgehead atoms. The van der Waals surface area contributed by atoms with Gasteiger partial charge in [-0.25, -0.2) is 4.98 Å². The average Bonchev–Trinajstić information content (AvgIpc) is 2.48. The zero-order valence-corrected chi connectivity index (χ0v) is 11.3. The SMILES string of the molecule is O=C(NCCO)c1cccnc1Oc1ccc(Cl)cc1. The van der Waals surface area contributed by atoms with Crippen LogP contribution in [0.4, 0.5) is 0 Å². The van der Waals surface area contributed by atoms with Crippen molar-refractivity contribution in [3.05, 3.63) is 53.2 Å². The van der Waals surface area contributed by atoms with Crippen LogP contribution >= 0.6 is 11.6 Å². The Morgan fingerprint density at radius 3 is 2.75 bits per heavy atom. The van der Waals surface area contributed by atoms with Gasteiger partial charge in [-0.1, -0.05) is 11.6 Å². The summed E-state index contributed by atoms with van der Waals surface area (Å²) in [6.45, 7) is 0.0491. The second kappa shape index (κ2) is 6.88. The van der Waals surface area contributed by atoms with Gasteiger partial charge >= 0.3 is 0 Å². The highest BCUT2D eigenvalue weighted by molar-refractivity contribution is 6.30. The first kappa shape index (κ1) is 14.3. The monoisotopic (exact) mass is 292 g/mol. The maximum atomic E-state index is 11.9. The zero-order valence-electron chi connectivity index (χ0n) is 10.5. The first-order valence-electron chi connectivity index (χ1n) is 5.98. The third kappa shape index (κ3) is 3.69. The average molecular weight is 293 g/mol. The third-order valence-electron chi connectivity index (χ3n) is 2.44. The van der Waals surface area contributed by atoms with E-state index in [4.69, 9.17) is 21.4 Å². The molecule has 1 amide bonds. The fourth-order valence-electron chi connectivity index (χ4n) is 1.52. The lowest BCUT2D eigenvalue weighted by molar-refractivity contribution is 0.0942. The van der Waals surface area contributed by atoms with Crippen LogP contribution in [-0.2, 0) is 0 Å². The number of aliphatic hydroxyl groups is 1. The van der Waals surface area contributed by atoms with Crippen LogP contribution in [0.1, 0.15) is 10.4 Å². The highest BCUT2D eigenvalue weighted by Gasteiger charge is 2.13. The highest BCUT2D eigenvalue weighted by Crippen LogP contribution is 2.24. The number of carbonyl (C=O) groups excluding carboxylic acids is 1. The molecule has 0 aliphatic heterocycles. The van der Waals surface area contributed by atoms with E-state index >= 15 is 0 Å². The summed E-state index contributed by atoms with van der Waals surface area (Å²) in [5.41, 5.74) is 0.302. The maximum Gasteiger partial charge on any atom is 0.256 e. The van der Waals surface area contributed by atoms with Crippen molar-refractivity contribution in [2.75, 3.05) is 13.2 Å². The molecule has 20 heavy (non-hydrogen) atoms. The molecule has 1 aromatic heterocycles. The van der Waals surface area contributed by atoms with Crippen molar-refractivity contribution in [1.29, 1.82) is 0 Å². The number of nitrogens with one attached hydrogen (secondary N) is 1.